The quantitative estimate of drug-likeness (QED) is 0.848. The standard InChI is InChI=1S/C12H12F2N2O3/c13-10(14)12(7-15,8-17)16-11(18)19-6-9-4-2-1-3-5-9/h1-5,10,17H,6,8H2,(H,16,18). The first-order valence-electron chi connectivity index (χ1n) is 5.33. The summed E-state index contributed by atoms with van der Waals surface area (Å²) < 4.78 is 29.9. The lowest BCUT2D eigenvalue weighted by molar-refractivity contribution is 0.0227. The molecule has 0 aliphatic heterocycles. The average Bonchev–Trinajstić information content (AvgIpc) is 2.43. The third-order valence-electron chi connectivity index (χ3n) is 2.36. The number of nitrogens with zero attached hydrogens (tertiary/aromatic N) is 1. The Bertz CT molecular complexity index is 462. The molecule has 1 aromatic rings. The molecule has 2 N–H and O–H groups in total. The van der Waals surface area contributed by atoms with Crippen molar-refractivity contribution in [2.24, 2.45) is 0 Å². The number of carbonyl (C=O) groups is 1. The lowest BCUT2D eigenvalue weighted by atomic mass is 10.0. The molecule has 0 aliphatic carbocycles. The predicted octanol–water partition coefficient (Wildman–Crippen LogP) is 1.43. The van der Waals surface area contributed by atoms with Crippen molar-refractivity contribution in [3.63, 3.8) is 0 Å². The summed E-state index contributed by atoms with van der Waals surface area (Å²) in [5, 5.41) is 19.1. The first kappa shape index (κ1) is 14.9. The lowest BCUT2D eigenvalue weighted by Gasteiger charge is -2.23. The van der Waals surface area contributed by atoms with Crippen LogP contribution in [0.15, 0.2) is 30.3 Å². The molecule has 0 fully saturated rings. The third kappa shape index (κ3) is 3.89. The summed E-state index contributed by atoms with van der Waals surface area (Å²) in [5.74, 6) is 0. The van der Waals surface area contributed by atoms with Crippen LogP contribution in [0.25, 0.3) is 0 Å². The number of carbonyl (C=O) groups excluding carboxylic acids is 1. The number of hydrogen-bond donors (Lipinski definition) is 2. The van der Waals surface area contributed by atoms with Crippen molar-refractivity contribution in [3.8, 4) is 6.07 Å². The zero-order valence-electron chi connectivity index (χ0n) is 9.85. The minimum absolute atomic E-state index is 0.122. The smallest absolute Gasteiger partial charge is 0.408 e. The molecule has 0 saturated heterocycles. The number of amides is 1. The Morgan fingerprint density at radius 1 is 1.47 bits per heavy atom. The number of aliphatic hydroxyl groups excluding tert-OH is 1. The highest BCUT2D eigenvalue weighted by molar-refractivity contribution is 5.69. The van der Waals surface area contributed by atoms with Gasteiger partial charge in [0.1, 0.15) is 6.61 Å². The minimum atomic E-state index is -3.23. The number of ether oxygens (including phenoxy) is 1. The van der Waals surface area contributed by atoms with Gasteiger partial charge in [-0.2, -0.15) is 5.26 Å². The van der Waals surface area contributed by atoms with Crippen molar-refractivity contribution in [1.29, 1.82) is 5.26 Å². The number of alkyl carbamates (subject to hydrolysis) is 1. The zero-order chi connectivity index (χ0) is 14.3. The number of rotatable bonds is 5. The van der Waals surface area contributed by atoms with Crippen LogP contribution in [0.5, 0.6) is 0 Å². The van der Waals surface area contributed by atoms with Crippen LogP contribution >= 0.6 is 0 Å². The van der Waals surface area contributed by atoms with E-state index in [1.54, 1.807) is 35.6 Å². The van der Waals surface area contributed by atoms with Gasteiger partial charge in [0.2, 0.25) is 5.54 Å². The molecule has 0 bridgehead atoms. The topological polar surface area (TPSA) is 82.4 Å². The van der Waals surface area contributed by atoms with E-state index in [0.717, 1.165) is 0 Å². The molecule has 1 aromatic carbocycles. The van der Waals surface area contributed by atoms with E-state index >= 15 is 0 Å². The first-order chi connectivity index (χ1) is 9.04. The molecule has 5 nitrogen and oxygen atoms in total. The second kappa shape index (κ2) is 6.66. The molecule has 1 unspecified atom stereocenters. The molecule has 0 aliphatic rings. The molecule has 0 heterocycles. The van der Waals surface area contributed by atoms with Crippen molar-refractivity contribution in [2.75, 3.05) is 6.61 Å². The second-order valence-corrected chi connectivity index (χ2v) is 3.73. The van der Waals surface area contributed by atoms with E-state index in [2.05, 4.69) is 0 Å². The van der Waals surface area contributed by atoms with Crippen molar-refractivity contribution in [2.45, 2.75) is 18.6 Å². The Balaban J connectivity index is 2.57. The molecule has 1 atom stereocenters. The number of nitriles is 1. The fourth-order valence-electron chi connectivity index (χ4n) is 1.22. The van der Waals surface area contributed by atoms with Crippen LogP contribution in [0.3, 0.4) is 0 Å². The Labute approximate surface area is 108 Å². The molecule has 1 rings (SSSR count). The van der Waals surface area contributed by atoms with Crippen LogP contribution in [0.1, 0.15) is 5.56 Å². The van der Waals surface area contributed by atoms with E-state index in [9.17, 15) is 13.6 Å². The highest BCUT2D eigenvalue weighted by atomic mass is 19.3. The maximum Gasteiger partial charge on any atom is 0.408 e. The second-order valence-electron chi connectivity index (χ2n) is 3.73. The Hall–Kier alpha value is -2.20. The summed E-state index contributed by atoms with van der Waals surface area (Å²) in [7, 11) is 0. The molecule has 102 valence electrons. The van der Waals surface area contributed by atoms with Crippen molar-refractivity contribution >= 4 is 6.09 Å². The Morgan fingerprint density at radius 3 is 2.58 bits per heavy atom. The largest absolute Gasteiger partial charge is 0.445 e. The normalized spacial score (nSPS) is 13.4. The summed E-state index contributed by atoms with van der Waals surface area (Å²) in [5.41, 5.74) is -1.98. The Kier molecular flexibility index (Phi) is 5.21. The molecular weight excluding hydrogens is 258 g/mol. The van der Waals surface area contributed by atoms with Gasteiger partial charge in [0.15, 0.2) is 0 Å². The van der Waals surface area contributed by atoms with Crippen LogP contribution in [0.2, 0.25) is 0 Å². The number of halogens is 2. The lowest BCUT2D eigenvalue weighted by Crippen LogP contribution is -2.55. The summed E-state index contributed by atoms with van der Waals surface area (Å²) in [6.07, 6.45) is -4.42. The van der Waals surface area contributed by atoms with Crippen LogP contribution in [0.4, 0.5) is 13.6 Å². The highest BCUT2D eigenvalue weighted by Crippen LogP contribution is 2.15. The predicted molar refractivity (Wildman–Crippen MR) is 61.2 cm³/mol. The van der Waals surface area contributed by atoms with E-state index in [4.69, 9.17) is 15.1 Å². The van der Waals surface area contributed by atoms with E-state index in [0.29, 0.717) is 5.56 Å². The molecule has 0 radical (unpaired) electrons. The summed E-state index contributed by atoms with van der Waals surface area (Å²) in [6, 6.07) is 9.77. The van der Waals surface area contributed by atoms with E-state index < -0.39 is 24.7 Å². The van der Waals surface area contributed by atoms with Gasteiger partial charge in [0, 0.05) is 0 Å². The van der Waals surface area contributed by atoms with E-state index in [1.165, 1.54) is 6.07 Å². The van der Waals surface area contributed by atoms with Gasteiger partial charge in [-0.05, 0) is 5.56 Å². The van der Waals surface area contributed by atoms with Crippen molar-refractivity contribution in [3.05, 3.63) is 35.9 Å². The van der Waals surface area contributed by atoms with Crippen molar-refractivity contribution < 1.29 is 23.4 Å². The van der Waals surface area contributed by atoms with E-state index in [1.807, 2.05) is 0 Å². The number of hydrogen-bond acceptors (Lipinski definition) is 4. The van der Waals surface area contributed by atoms with Gasteiger partial charge >= 0.3 is 6.09 Å². The maximum absolute atomic E-state index is 12.6. The molecule has 7 heteroatoms. The Morgan fingerprint density at radius 2 is 2.11 bits per heavy atom. The van der Waals surface area contributed by atoms with Gasteiger partial charge in [-0.3, -0.25) is 5.32 Å². The van der Waals surface area contributed by atoms with Gasteiger partial charge < -0.3 is 9.84 Å². The van der Waals surface area contributed by atoms with Gasteiger partial charge in [-0.15, -0.1) is 0 Å². The van der Waals surface area contributed by atoms with E-state index in [-0.39, 0.29) is 6.61 Å². The minimum Gasteiger partial charge on any atom is -0.445 e. The highest BCUT2D eigenvalue weighted by Gasteiger charge is 2.42. The summed E-state index contributed by atoms with van der Waals surface area (Å²) in [6.45, 7) is -1.33. The van der Waals surface area contributed by atoms with Crippen LogP contribution in [-0.4, -0.2) is 29.8 Å². The van der Waals surface area contributed by atoms with Gasteiger partial charge in [0.25, 0.3) is 6.43 Å². The number of nitrogens with one attached hydrogen (secondary N) is 1. The van der Waals surface area contributed by atoms with Crippen molar-refractivity contribution in [1.82, 2.24) is 5.32 Å². The average molecular weight is 270 g/mol. The number of benzene rings is 1. The van der Waals surface area contributed by atoms with Crippen LogP contribution < -0.4 is 5.32 Å². The summed E-state index contributed by atoms with van der Waals surface area (Å²) >= 11 is 0. The van der Waals surface area contributed by atoms with Gasteiger partial charge in [-0.25, -0.2) is 13.6 Å². The molecule has 0 spiro atoms. The molecule has 0 saturated carbocycles. The third-order valence-corrected chi connectivity index (χ3v) is 2.36. The molecular formula is C12H12F2N2O3. The van der Waals surface area contributed by atoms with Crippen LogP contribution in [-0.2, 0) is 11.3 Å². The number of aliphatic hydroxyl groups is 1. The van der Waals surface area contributed by atoms with Gasteiger partial charge in [0.05, 0.1) is 12.7 Å². The zero-order valence-corrected chi connectivity index (χ0v) is 9.85. The fraction of sp³-hybridized carbons (Fsp3) is 0.333. The maximum atomic E-state index is 12.6. The first-order valence-corrected chi connectivity index (χ1v) is 5.33. The summed E-state index contributed by atoms with van der Waals surface area (Å²) in [4.78, 5) is 11.3. The monoisotopic (exact) mass is 270 g/mol. The molecule has 1 amide bonds. The van der Waals surface area contributed by atoms with Crippen LogP contribution in [0, 0.1) is 11.3 Å². The molecule has 0 aromatic heterocycles. The fourth-order valence-corrected chi connectivity index (χ4v) is 1.22. The molecule has 19 heavy (non-hydrogen) atoms. The number of alkyl halides is 2. The SMILES string of the molecule is N#CC(CO)(NC(=O)OCc1ccccc1)C(F)F. The van der Waals surface area contributed by atoms with Gasteiger partial charge in [-0.1, -0.05) is 30.3 Å².